The number of nitrogens with zero attached hydrogens (tertiary/aromatic N) is 3. The lowest BCUT2D eigenvalue weighted by molar-refractivity contribution is -0.0655. The van der Waals surface area contributed by atoms with Crippen molar-refractivity contribution in [2.45, 2.75) is 56.8 Å². The van der Waals surface area contributed by atoms with Crippen molar-refractivity contribution in [1.82, 2.24) is 14.8 Å². The summed E-state index contributed by atoms with van der Waals surface area (Å²) in [5, 5.41) is 17.0. The highest BCUT2D eigenvalue weighted by molar-refractivity contribution is 5.99. The number of rotatable bonds is 5. The Labute approximate surface area is 218 Å². The number of carbonyl (C=O) groups is 2. The lowest BCUT2D eigenvalue weighted by Gasteiger charge is -2.41. The van der Waals surface area contributed by atoms with Crippen LogP contribution in [0.2, 0.25) is 0 Å². The molecular formula is C25H24F4N4O6. The number of nitrogens with one attached hydrogen (secondary N) is 1. The minimum Gasteiger partial charge on any atom is -0.503 e. The van der Waals surface area contributed by atoms with E-state index in [9.17, 15) is 37.1 Å². The van der Waals surface area contributed by atoms with Gasteiger partial charge in [-0.05, 0) is 25.8 Å². The zero-order valence-electron chi connectivity index (χ0n) is 20.6. The van der Waals surface area contributed by atoms with Crippen LogP contribution in [0.4, 0.5) is 17.6 Å². The molecule has 0 unspecified atom stereocenters. The molecule has 1 spiro atoms. The van der Waals surface area contributed by atoms with Crippen LogP contribution < -0.4 is 10.7 Å². The van der Waals surface area contributed by atoms with Gasteiger partial charge in [-0.2, -0.15) is 0 Å². The van der Waals surface area contributed by atoms with Gasteiger partial charge in [0.05, 0.1) is 12.5 Å². The molecule has 1 aromatic heterocycles. The van der Waals surface area contributed by atoms with Crippen molar-refractivity contribution in [3.63, 3.8) is 0 Å². The first-order valence-corrected chi connectivity index (χ1v) is 12.2. The van der Waals surface area contributed by atoms with Crippen molar-refractivity contribution in [1.29, 1.82) is 0 Å². The number of alkyl halides is 2. The molecule has 2 amide bonds. The number of aromatic nitrogens is 1. The highest BCUT2D eigenvalue weighted by Crippen LogP contribution is 2.46. The number of halogens is 4. The third-order valence-corrected chi connectivity index (χ3v) is 7.36. The van der Waals surface area contributed by atoms with Gasteiger partial charge in [0.15, 0.2) is 23.7 Å². The fourth-order valence-corrected chi connectivity index (χ4v) is 5.26. The van der Waals surface area contributed by atoms with Crippen LogP contribution in [-0.2, 0) is 16.1 Å². The number of oxime groups is 1. The number of amides is 2. The molecule has 3 aliphatic rings. The SMILES string of the molecule is C[C@H]1CC[C@]2(CC(OCC(F)F)=NO2)[C@H]2CN1C(=O)c1c(O)c(=O)c(C(=O)NCc3ccc(F)cc3F)cn12. The molecule has 208 valence electrons. The van der Waals surface area contributed by atoms with E-state index < -0.39 is 64.9 Å². The van der Waals surface area contributed by atoms with Gasteiger partial charge in [-0.1, -0.05) is 11.2 Å². The molecule has 2 aromatic rings. The largest absolute Gasteiger partial charge is 0.503 e. The lowest BCUT2D eigenvalue weighted by Crippen LogP contribution is -2.52. The number of fused-ring (bicyclic) bond motifs is 5. The molecule has 10 nitrogen and oxygen atoms in total. The number of aromatic hydroxyl groups is 1. The maximum Gasteiger partial charge on any atom is 0.274 e. The molecule has 1 aromatic carbocycles. The van der Waals surface area contributed by atoms with E-state index in [1.165, 1.54) is 9.47 Å². The average Bonchev–Trinajstić information content (AvgIpc) is 3.26. The van der Waals surface area contributed by atoms with Crippen molar-refractivity contribution in [2.24, 2.45) is 5.16 Å². The molecule has 2 bridgehead atoms. The Morgan fingerprint density at radius 3 is 2.82 bits per heavy atom. The van der Waals surface area contributed by atoms with E-state index >= 15 is 0 Å². The van der Waals surface area contributed by atoms with Crippen LogP contribution in [-0.4, -0.2) is 63.5 Å². The Morgan fingerprint density at radius 1 is 1.33 bits per heavy atom. The summed E-state index contributed by atoms with van der Waals surface area (Å²) in [6.45, 7) is 0.591. The number of carbonyl (C=O) groups excluding carboxylic acids is 2. The number of benzene rings is 1. The normalized spacial score (nSPS) is 23.8. The van der Waals surface area contributed by atoms with Crippen LogP contribution in [0.5, 0.6) is 5.75 Å². The fraction of sp³-hybridized carbons (Fsp3) is 0.440. The van der Waals surface area contributed by atoms with Gasteiger partial charge in [0.1, 0.15) is 17.2 Å². The molecule has 1 saturated heterocycles. The van der Waals surface area contributed by atoms with Gasteiger partial charge < -0.3 is 29.5 Å². The molecule has 1 fully saturated rings. The van der Waals surface area contributed by atoms with Gasteiger partial charge in [0.25, 0.3) is 18.2 Å². The standard InChI is InChI=1S/C25H24F4N4O6/c1-12-4-5-25(7-19(31-39-25)38-11-18(28)29)17-10-32(12)24(37)20-22(35)21(34)15(9-33(17)20)23(36)30-8-13-2-3-14(26)6-16(13)27/h2-3,6,9,12,17-18,35H,4-5,7-8,10-11H2,1H3,(H,30,36)/t12-,17+,25-/m0/s1. The summed E-state index contributed by atoms with van der Waals surface area (Å²) in [5.41, 5.74) is -3.21. The second-order valence-electron chi connectivity index (χ2n) is 9.78. The summed E-state index contributed by atoms with van der Waals surface area (Å²) >= 11 is 0. The molecule has 0 aliphatic carbocycles. The summed E-state index contributed by atoms with van der Waals surface area (Å²) in [6.07, 6.45) is -0.863. The number of hydrogen-bond donors (Lipinski definition) is 2. The highest BCUT2D eigenvalue weighted by Gasteiger charge is 2.54. The first-order chi connectivity index (χ1) is 18.5. The van der Waals surface area contributed by atoms with Crippen molar-refractivity contribution in [2.75, 3.05) is 13.2 Å². The minimum absolute atomic E-state index is 0.0170. The van der Waals surface area contributed by atoms with Crippen molar-refractivity contribution in [3.8, 4) is 5.75 Å². The van der Waals surface area contributed by atoms with Gasteiger partial charge in [0, 0.05) is 37.0 Å². The maximum absolute atomic E-state index is 14.0. The Hall–Kier alpha value is -4.10. The van der Waals surface area contributed by atoms with Crippen molar-refractivity contribution >= 4 is 17.7 Å². The molecule has 3 atom stereocenters. The lowest BCUT2D eigenvalue weighted by atomic mass is 9.85. The zero-order chi connectivity index (χ0) is 28.1. The molecule has 39 heavy (non-hydrogen) atoms. The summed E-state index contributed by atoms with van der Waals surface area (Å²) in [6, 6.07) is 1.70. The topological polar surface area (TPSA) is 122 Å². The molecule has 4 heterocycles. The van der Waals surface area contributed by atoms with E-state index in [1.807, 2.05) is 0 Å². The van der Waals surface area contributed by atoms with Crippen LogP contribution in [0, 0.1) is 11.6 Å². The molecule has 0 saturated carbocycles. The summed E-state index contributed by atoms with van der Waals surface area (Å²) in [5.74, 6) is -4.30. The maximum atomic E-state index is 14.0. The first-order valence-electron chi connectivity index (χ1n) is 12.2. The van der Waals surface area contributed by atoms with Crippen LogP contribution in [0.3, 0.4) is 0 Å². The van der Waals surface area contributed by atoms with Gasteiger partial charge >= 0.3 is 0 Å². The molecule has 5 rings (SSSR count). The van der Waals surface area contributed by atoms with E-state index in [4.69, 9.17) is 9.57 Å². The number of hydrogen-bond acceptors (Lipinski definition) is 7. The minimum atomic E-state index is -2.73. The van der Waals surface area contributed by atoms with E-state index in [1.54, 1.807) is 6.92 Å². The summed E-state index contributed by atoms with van der Waals surface area (Å²) in [4.78, 5) is 46.5. The van der Waals surface area contributed by atoms with E-state index in [-0.39, 0.29) is 42.7 Å². The average molecular weight is 552 g/mol. The Balaban J connectivity index is 1.50. The van der Waals surface area contributed by atoms with Gasteiger partial charge in [-0.25, -0.2) is 17.6 Å². The quantitative estimate of drug-likeness (QED) is 0.551. The van der Waals surface area contributed by atoms with Crippen molar-refractivity contribution in [3.05, 3.63) is 63.1 Å². The Morgan fingerprint density at radius 2 is 2.10 bits per heavy atom. The first kappa shape index (κ1) is 26.5. The van der Waals surface area contributed by atoms with Crippen LogP contribution in [0.25, 0.3) is 0 Å². The molecule has 3 aliphatic heterocycles. The molecular weight excluding hydrogens is 528 g/mol. The van der Waals surface area contributed by atoms with Gasteiger partial charge in [-0.3, -0.25) is 14.4 Å². The van der Waals surface area contributed by atoms with Crippen LogP contribution in [0.15, 0.2) is 34.3 Å². The predicted molar refractivity (Wildman–Crippen MR) is 126 cm³/mol. The Kier molecular flexibility index (Phi) is 6.72. The zero-order valence-corrected chi connectivity index (χ0v) is 20.6. The monoisotopic (exact) mass is 552 g/mol. The second kappa shape index (κ2) is 9.89. The molecule has 14 heteroatoms. The Bertz CT molecular complexity index is 1430. The van der Waals surface area contributed by atoms with Crippen LogP contribution >= 0.6 is 0 Å². The fourth-order valence-electron chi connectivity index (χ4n) is 5.26. The van der Waals surface area contributed by atoms with Gasteiger partial charge in [-0.15, -0.1) is 0 Å². The van der Waals surface area contributed by atoms with E-state index in [0.29, 0.717) is 18.9 Å². The van der Waals surface area contributed by atoms with Crippen LogP contribution in [0.1, 0.15) is 58.6 Å². The number of pyridine rings is 1. The molecule has 0 radical (unpaired) electrons. The van der Waals surface area contributed by atoms with Gasteiger partial charge in [0.2, 0.25) is 11.3 Å². The smallest absolute Gasteiger partial charge is 0.274 e. The second-order valence-corrected chi connectivity index (χ2v) is 9.78. The predicted octanol–water partition coefficient (Wildman–Crippen LogP) is 2.70. The third kappa shape index (κ3) is 4.68. The summed E-state index contributed by atoms with van der Waals surface area (Å²) in [7, 11) is 0. The van der Waals surface area contributed by atoms with E-state index in [2.05, 4.69) is 10.5 Å². The third-order valence-electron chi connectivity index (χ3n) is 7.36. The highest BCUT2D eigenvalue weighted by atomic mass is 19.3. The van der Waals surface area contributed by atoms with Crippen molar-refractivity contribution < 1.29 is 41.8 Å². The summed E-state index contributed by atoms with van der Waals surface area (Å²) < 4.78 is 58.9. The molecule has 2 N–H and O–H groups in total. The number of ether oxygens (including phenoxy) is 1. The van der Waals surface area contributed by atoms with E-state index in [0.717, 1.165) is 18.3 Å².